The number of hydrogen-bond acceptors (Lipinski definition) is 4. The lowest BCUT2D eigenvalue weighted by molar-refractivity contribution is -0.132. The molecule has 28 heavy (non-hydrogen) atoms. The molecule has 1 fully saturated rings. The summed E-state index contributed by atoms with van der Waals surface area (Å²) in [5.41, 5.74) is 3.76. The third-order valence-electron chi connectivity index (χ3n) is 5.34. The molecule has 2 aromatic rings. The molecule has 0 unspecified atom stereocenters. The third-order valence-corrected chi connectivity index (χ3v) is 5.34. The van der Waals surface area contributed by atoms with Gasteiger partial charge in [-0.1, -0.05) is 18.2 Å². The normalized spacial score (nSPS) is 14.9. The third kappa shape index (κ3) is 4.81. The predicted octanol–water partition coefficient (Wildman–Crippen LogP) is 2.60. The van der Waals surface area contributed by atoms with Crippen molar-refractivity contribution in [1.82, 2.24) is 14.8 Å². The van der Waals surface area contributed by atoms with E-state index in [9.17, 15) is 9.59 Å². The number of ether oxygens (including phenoxy) is 1. The standard InChI is InChI=1S/C22H29N3O3/c1-16-14-19(17(2)23-16)20(26)15-24-10-12-25(13-11-24)22(27)9-8-18-6-4-5-7-21(18)28-3/h4-7,14,23H,8-13,15H2,1-3H3. The molecule has 0 bridgehead atoms. The number of amides is 1. The Bertz CT molecular complexity index is 835. The van der Waals surface area contributed by atoms with Gasteiger partial charge in [0.05, 0.1) is 13.7 Å². The smallest absolute Gasteiger partial charge is 0.222 e. The summed E-state index contributed by atoms with van der Waals surface area (Å²) in [5, 5.41) is 0. The zero-order chi connectivity index (χ0) is 20.1. The van der Waals surface area contributed by atoms with E-state index in [-0.39, 0.29) is 11.7 Å². The number of aromatic amines is 1. The number of nitrogens with zero attached hydrogens (tertiary/aromatic N) is 2. The Morgan fingerprint density at radius 1 is 1.11 bits per heavy atom. The van der Waals surface area contributed by atoms with Crippen LogP contribution in [-0.4, -0.2) is 66.3 Å². The van der Waals surface area contributed by atoms with Crippen LogP contribution in [0.1, 0.15) is 33.7 Å². The molecule has 0 aliphatic carbocycles. The number of hydrogen-bond donors (Lipinski definition) is 1. The summed E-state index contributed by atoms with van der Waals surface area (Å²) in [6, 6.07) is 9.73. The van der Waals surface area contributed by atoms with Crippen LogP contribution in [-0.2, 0) is 11.2 Å². The highest BCUT2D eigenvalue weighted by atomic mass is 16.5. The van der Waals surface area contributed by atoms with Crippen LogP contribution in [0.2, 0.25) is 0 Å². The second kappa shape index (κ2) is 9.06. The predicted molar refractivity (Wildman–Crippen MR) is 109 cm³/mol. The minimum Gasteiger partial charge on any atom is -0.496 e. The summed E-state index contributed by atoms with van der Waals surface area (Å²) in [4.78, 5) is 32.3. The number of carbonyl (C=O) groups excluding carboxylic acids is 2. The van der Waals surface area contributed by atoms with E-state index in [0.29, 0.717) is 32.5 Å². The molecule has 6 heteroatoms. The Kier molecular flexibility index (Phi) is 6.52. The van der Waals surface area contributed by atoms with Gasteiger partial charge in [0.15, 0.2) is 5.78 Å². The van der Waals surface area contributed by atoms with Crippen molar-refractivity contribution in [1.29, 1.82) is 0 Å². The number of para-hydroxylation sites is 1. The zero-order valence-corrected chi connectivity index (χ0v) is 17.0. The van der Waals surface area contributed by atoms with Crippen LogP contribution in [0.4, 0.5) is 0 Å². The maximum atomic E-state index is 12.6. The SMILES string of the molecule is COc1ccccc1CCC(=O)N1CCN(CC(=O)c2cc(C)[nH]c2C)CC1. The van der Waals surface area contributed by atoms with Crippen molar-refractivity contribution < 1.29 is 14.3 Å². The first-order valence-corrected chi connectivity index (χ1v) is 9.79. The topological polar surface area (TPSA) is 65.6 Å². The molecule has 1 aliphatic rings. The van der Waals surface area contributed by atoms with Crippen molar-refractivity contribution in [2.24, 2.45) is 0 Å². The lowest BCUT2D eigenvalue weighted by Crippen LogP contribution is -2.50. The van der Waals surface area contributed by atoms with Gasteiger partial charge in [-0.25, -0.2) is 0 Å². The van der Waals surface area contributed by atoms with Crippen molar-refractivity contribution >= 4 is 11.7 Å². The van der Waals surface area contributed by atoms with Gasteiger partial charge in [-0.15, -0.1) is 0 Å². The average Bonchev–Trinajstić information content (AvgIpc) is 3.05. The fraction of sp³-hybridized carbons (Fsp3) is 0.455. The fourth-order valence-electron chi connectivity index (χ4n) is 3.77. The number of benzene rings is 1. The maximum Gasteiger partial charge on any atom is 0.222 e. The first kappa shape index (κ1) is 20.1. The summed E-state index contributed by atoms with van der Waals surface area (Å²) in [5.74, 6) is 1.13. The molecule has 1 saturated heterocycles. The number of Topliss-reactive ketones (excluding diaryl/α,β-unsaturated/α-hetero) is 1. The highest BCUT2D eigenvalue weighted by molar-refractivity contribution is 5.98. The molecule has 1 amide bonds. The second-order valence-corrected chi connectivity index (χ2v) is 7.38. The van der Waals surface area contributed by atoms with Crippen molar-refractivity contribution in [3.63, 3.8) is 0 Å². The first-order chi connectivity index (χ1) is 13.5. The molecule has 0 radical (unpaired) electrons. The van der Waals surface area contributed by atoms with Crippen LogP contribution in [0.5, 0.6) is 5.75 Å². The van der Waals surface area contributed by atoms with Gasteiger partial charge in [-0.2, -0.15) is 0 Å². The Labute approximate surface area is 166 Å². The number of aryl methyl sites for hydroxylation is 3. The van der Waals surface area contributed by atoms with E-state index in [0.717, 1.165) is 41.4 Å². The molecule has 0 saturated carbocycles. The molecule has 0 atom stereocenters. The van der Waals surface area contributed by atoms with E-state index in [1.165, 1.54) is 0 Å². The van der Waals surface area contributed by atoms with Gasteiger partial charge in [0.1, 0.15) is 5.75 Å². The highest BCUT2D eigenvalue weighted by Crippen LogP contribution is 2.19. The summed E-state index contributed by atoms with van der Waals surface area (Å²) < 4.78 is 5.35. The number of piperazine rings is 1. The summed E-state index contributed by atoms with van der Waals surface area (Å²) in [6.07, 6.45) is 1.15. The number of ketones is 1. The molecule has 150 valence electrons. The fourth-order valence-corrected chi connectivity index (χ4v) is 3.77. The maximum absolute atomic E-state index is 12.6. The molecule has 1 aromatic carbocycles. The average molecular weight is 383 g/mol. The monoisotopic (exact) mass is 383 g/mol. The number of nitrogens with one attached hydrogen (secondary N) is 1. The van der Waals surface area contributed by atoms with E-state index in [1.54, 1.807) is 7.11 Å². The van der Waals surface area contributed by atoms with Crippen LogP contribution in [0.25, 0.3) is 0 Å². The van der Waals surface area contributed by atoms with E-state index in [4.69, 9.17) is 4.74 Å². The van der Waals surface area contributed by atoms with Crippen LogP contribution in [0, 0.1) is 13.8 Å². The molecular formula is C22H29N3O3. The molecule has 0 spiro atoms. The Hall–Kier alpha value is -2.60. The van der Waals surface area contributed by atoms with E-state index < -0.39 is 0 Å². The Balaban J connectivity index is 1.46. The molecule has 3 rings (SSSR count). The van der Waals surface area contributed by atoms with Gasteiger partial charge in [-0.3, -0.25) is 14.5 Å². The number of aromatic nitrogens is 1. The second-order valence-electron chi connectivity index (χ2n) is 7.38. The number of methoxy groups -OCH3 is 1. The van der Waals surface area contributed by atoms with Crippen LogP contribution in [0.15, 0.2) is 30.3 Å². The molecule has 2 heterocycles. The van der Waals surface area contributed by atoms with Crippen LogP contribution in [0.3, 0.4) is 0 Å². The first-order valence-electron chi connectivity index (χ1n) is 9.79. The largest absolute Gasteiger partial charge is 0.496 e. The molecule has 6 nitrogen and oxygen atoms in total. The zero-order valence-electron chi connectivity index (χ0n) is 17.0. The van der Waals surface area contributed by atoms with Crippen LogP contribution < -0.4 is 4.74 Å². The van der Waals surface area contributed by atoms with Crippen molar-refractivity contribution in [3.8, 4) is 5.75 Å². The van der Waals surface area contributed by atoms with Crippen molar-refractivity contribution in [2.45, 2.75) is 26.7 Å². The van der Waals surface area contributed by atoms with E-state index >= 15 is 0 Å². The summed E-state index contributed by atoms with van der Waals surface area (Å²) in [6.45, 7) is 7.09. The molecule has 1 N–H and O–H groups in total. The summed E-state index contributed by atoms with van der Waals surface area (Å²) in [7, 11) is 1.65. The van der Waals surface area contributed by atoms with Gasteiger partial charge < -0.3 is 14.6 Å². The summed E-state index contributed by atoms with van der Waals surface area (Å²) >= 11 is 0. The number of H-pyrrole nitrogens is 1. The Morgan fingerprint density at radius 2 is 1.82 bits per heavy atom. The Morgan fingerprint density at radius 3 is 2.46 bits per heavy atom. The molecule has 1 aliphatic heterocycles. The minimum absolute atomic E-state index is 0.137. The van der Waals surface area contributed by atoms with Gasteiger partial charge in [0.25, 0.3) is 0 Å². The lowest BCUT2D eigenvalue weighted by Gasteiger charge is -2.34. The number of rotatable bonds is 7. The number of carbonyl (C=O) groups is 2. The van der Waals surface area contributed by atoms with Gasteiger partial charge in [-0.05, 0) is 38.0 Å². The quantitative estimate of drug-likeness (QED) is 0.747. The highest BCUT2D eigenvalue weighted by Gasteiger charge is 2.23. The van der Waals surface area contributed by atoms with Crippen LogP contribution >= 0.6 is 0 Å². The van der Waals surface area contributed by atoms with Gasteiger partial charge in [0, 0.05) is 49.6 Å². The van der Waals surface area contributed by atoms with Gasteiger partial charge >= 0.3 is 0 Å². The minimum atomic E-state index is 0.137. The van der Waals surface area contributed by atoms with Crippen molar-refractivity contribution in [3.05, 3.63) is 52.8 Å². The van der Waals surface area contributed by atoms with Crippen molar-refractivity contribution in [2.75, 3.05) is 39.8 Å². The lowest BCUT2D eigenvalue weighted by atomic mass is 10.1. The van der Waals surface area contributed by atoms with Gasteiger partial charge in [0.2, 0.25) is 5.91 Å². The van der Waals surface area contributed by atoms with E-state index in [1.807, 2.05) is 49.1 Å². The molecule has 1 aromatic heterocycles. The molecular weight excluding hydrogens is 354 g/mol. The van der Waals surface area contributed by atoms with E-state index in [2.05, 4.69) is 9.88 Å².